The first-order valence-electron chi connectivity index (χ1n) is 12.2. The summed E-state index contributed by atoms with van der Waals surface area (Å²) >= 11 is 12.4. The number of hydrogen-bond acceptors (Lipinski definition) is 4. The monoisotopic (exact) mass is 575 g/mol. The molecule has 0 fully saturated rings. The second-order valence-electron chi connectivity index (χ2n) is 8.92. The van der Waals surface area contributed by atoms with Gasteiger partial charge in [0.1, 0.15) is 12.6 Å². The van der Waals surface area contributed by atoms with Crippen LogP contribution in [-0.4, -0.2) is 43.8 Å². The van der Waals surface area contributed by atoms with E-state index in [1.165, 1.54) is 17.0 Å². The van der Waals surface area contributed by atoms with Crippen molar-refractivity contribution in [2.45, 2.75) is 50.7 Å². The van der Waals surface area contributed by atoms with Gasteiger partial charge < -0.3 is 10.2 Å². The van der Waals surface area contributed by atoms with Gasteiger partial charge in [-0.2, -0.15) is 0 Å². The molecule has 2 amide bonds. The zero-order chi connectivity index (χ0) is 27.9. The third kappa shape index (κ3) is 7.28. The number of nitrogens with zero attached hydrogens (tertiary/aromatic N) is 2. The summed E-state index contributed by atoms with van der Waals surface area (Å²) in [6, 6.07) is 20.2. The Balaban J connectivity index is 2.02. The molecule has 0 heterocycles. The zero-order valence-corrected chi connectivity index (χ0v) is 23.8. The van der Waals surface area contributed by atoms with Gasteiger partial charge in [-0.3, -0.25) is 13.9 Å². The number of rotatable bonds is 11. The van der Waals surface area contributed by atoms with E-state index < -0.39 is 28.5 Å². The van der Waals surface area contributed by atoms with Crippen LogP contribution in [0.4, 0.5) is 5.69 Å². The molecule has 3 rings (SSSR count). The van der Waals surface area contributed by atoms with Crippen LogP contribution in [0, 0.1) is 0 Å². The molecule has 38 heavy (non-hydrogen) atoms. The molecular weight excluding hydrogens is 545 g/mol. The molecule has 0 aromatic heterocycles. The summed E-state index contributed by atoms with van der Waals surface area (Å²) in [5.41, 5.74) is 0.899. The second-order valence-corrected chi connectivity index (χ2v) is 11.6. The highest BCUT2D eigenvalue weighted by atomic mass is 35.5. The Morgan fingerprint density at radius 2 is 1.50 bits per heavy atom. The molecule has 0 aliphatic heterocycles. The zero-order valence-electron chi connectivity index (χ0n) is 21.5. The van der Waals surface area contributed by atoms with E-state index in [0.29, 0.717) is 5.02 Å². The highest BCUT2D eigenvalue weighted by Crippen LogP contribution is 2.30. The summed E-state index contributed by atoms with van der Waals surface area (Å²) in [5.74, 6) is -0.900. The van der Waals surface area contributed by atoms with E-state index >= 15 is 0 Å². The van der Waals surface area contributed by atoms with Crippen molar-refractivity contribution in [1.29, 1.82) is 0 Å². The number of benzene rings is 3. The molecule has 7 nitrogen and oxygen atoms in total. The van der Waals surface area contributed by atoms with Crippen LogP contribution in [0.25, 0.3) is 0 Å². The molecule has 0 aliphatic rings. The van der Waals surface area contributed by atoms with Crippen molar-refractivity contribution in [2.24, 2.45) is 0 Å². The van der Waals surface area contributed by atoms with E-state index in [2.05, 4.69) is 5.32 Å². The van der Waals surface area contributed by atoms with Gasteiger partial charge in [0.25, 0.3) is 10.0 Å². The average Bonchev–Trinajstić information content (AvgIpc) is 2.91. The number of amides is 2. The summed E-state index contributed by atoms with van der Waals surface area (Å²) in [6.07, 6.45) is 0.721. The minimum Gasteiger partial charge on any atom is -0.352 e. The topological polar surface area (TPSA) is 86.8 Å². The molecule has 10 heteroatoms. The predicted octanol–water partition coefficient (Wildman–Crippen LogP) is 5.52. The van der Waals surface area contributed by atoms with Crippen LogP contribution in [0.5, 0.6) is 0 Å². The lowest BCUT2D eigenvalue weighted by Crippen LogP contribution is -2.52. The number of hydrogen-bond donors (Lipinski definition) is 1. The number of halogens is 2. The number of carbonyl (C=O) groups excluding carboxylic acids is 2. The van der Waals surface area contributed by atoms with Crippen LogP contribution in [0.1, 0.15) is 32.8 Å². The van der Waals surface area contributed by atoms with E-state index in [4.69, 9.17) is 23.2 Å². The lowest BCUT2D eigenvalue weighted by atomic mass is 10.1. The fourth-order valence-corrected chi connectivity index (χ4v) is 5.59. The van der Waals surface area contributed by atoms with Crippen LogP contribution < -0.4 is 9.62 Å². The molecule has 1 N–H and O–H groups in total. The Hall–Kier alpha value is -3.07. The predicted molar refractivity (Wildman–Crippen MR) is 152 cm³/mol. The molecule has 0 aliphatic carbocycles. The van der Waals surface area contributed by atoms with Crippen LogP contribution >= 0.6 is 23.2 Å². The van der Waals surface area contributed by atoms with Crippen molar-refractivity contribution in [3.63, 3.8) is 0 Å². The Kier molecular flexibility index (Phi) is 10.2. The van der Waals surface area contributed by atoms with Crippen molar-refractivity contribution >= 4 is 50.7 Å². The fourth-order valence-electron chi connectivity index (χ4n) is 3.72. The highest BCUT2D eigenvalue weighted by Gasteiger charge is 2.33. The number of carbonyl (C=O) groups is 2. The Labute approximate surface area is 234 Å². The van der Waals surface area contributed by atoms with E-state index in [1.807, 2.05) is 13.8 Å². The minimum absolute atomic E-state index is 0.0135. The van der Waals surface area contributed by atoms with Gasteiger partial charge in [-0.1, -0.05) is 72.6 Å². The van der Waals surface area contributed by atoms with Gasteiger partial charge in [0.2, 0.25) is 11.8 Å². The fraction of sp³-hybridized carbons (Fsp3) is 0.286. The van der Waals surface area contributed by atoms with Gasteiger partial charge >= 0.3 is 0 Å². The van der Waals surface area contributed by atoms with Crippen molar-refractivity contribution < 1.29 is 18.0 Å². The largest absolute Gasteiger partial charge is 0.352 e. The highest BCUT2D eigenvalue weighted by molar-refractivity contribution is 7.92. The number of anilines is 1. The minimum atomic E-state index is -4.17. The number of sulfonamides is 1. The van der Waals surface area contributed by atoms with Crippen molar-refractivity contribution in [1.82, 2.24) is 10.2 Å². The van der Waals surface area contributed by atoms with Crippen molar-refractivity contribution in [3.05, 3.63) is 94.5 Å². The lowest BCUT2D eigenvalue weighted by Gasteiger charge is -2.32. The maximum absolute atomic E-state index is 13.9. The van der Waals surface area contributed by atoms with E-state index in [1.54, 1.807) is 73.7 Å². The van der Waals surface area contributed by atoms with Crippen LogP contribution in [0.3, 0.4) is 0 Å². The van der Waals surface area contributed by atoms with E-state index in [0.717, 1.165) is 16.3 Å². The van der Waals surface area contributed by atoms with Crippen molar-refractivity contribution in [2.75, 3.05) is 10.8 Å². The molecular formula is C28H31Cl2N3O4S. The molecule has 3 aromatic carbocycles. The first kappa shape index (κ1) is 29.5. The standard InChI is InChI=1S/C28H31Cl2N3O4S/c1-4-20(2)31-28(35)21(3)32(18-22-14-16-23(29)17-15-22)27(34)19-33(26-13-9-8-12-25(26)30)38(36,37)24-10-6-5-7-11-24/h5-17,20-21H,4,18-19H2,1-3H3,(H,31,35)/t20-,21-/m0/s1. The molecule has 0 bridgehead atoms. The smallest absolute Gasteiger partial charge is 0.264 e. The molecule has 3 aromatic rings. The molecule has 202 valence electrons. The molecule has 0 saturated heterocycles. The normalized spacial score (nSPS) is 12.9. The first-order chi connectivity index (χ1) is 18.0. The third-order valence-electron chi connectivity index (χ3n) is 6.17. The first-order valence-corrected chi connectivity index (χ1v) is 14.4. The van der Waals surface area contributed by atoms with Gasteiger partial charge in [-0.25, -0.2) is 8.42 Å². The Morgan fingerprint density at radius 3 is 2.11 bits per heavy atom. The SMILES string of the molecule is CC[C@H](C)NC(=O)[C@H](C)N(Cc1ccc(Cl)cc1)C(=O)CN(c1ccccc1Cl)S(=O)(=O)c1ccccc1. The van der Waals surface area contributed by atoms with Crippen LogP contribution in [0.15, 0.2) is 83.8 Å². The molecule has 2 atom stereocenters. The van der Waals surface area contributed by atoms with Gasteiger partial charge in [-0.05, 0) is 62.2 Å². The lowest BCUT2D eigenvalue weighted by molar-refractivity contribution is -0.139. The Morgan fingerprint density at radius 1 is 0.895 bits per heavy atom. The van der Waals surface area contributed by atoms with Gasteiger partial charge in [0.15, 0.2) is 0 Å². The van der Waals surface area contributed by atoms with Crippen LogP contribution in [-0.2, 0) is 26.2 Å². The van der Waals surface area contributed by atoms with Gasteiger partial charge in [-0.15, -0.1) is 0 Å². The molecule has 0 radical (unpaired) electrons. The number of nitrogens with one attached hydrogen (secondary N) is 1. The summed E-state index contributed by atoms with van der Waals surface area (Å²) < 4.78 is 28.4. The van der Waals surface area contributed by atoms with Gasteiger partial charge in [0, 0.05) is 17.6 Å². The average molecular weight is 577 g/mol. The third-order valence-corrected chi connectivity index (χ3v) is 8.51. The molecule has 0 spiro atoms. The second kappa shape index (κ2) is 13.1. The summed E-state index contributed by atoms with van der Waals surface area (Å²) in [4.78, 5) is 28.3. The summed E-state index contributed by atoms with van der Waals surface area (Å²) in [6.45, 7) is 4.96. The van der Waals surface area contributed by atoms with Crippen molar-refractivity contribution in [3.8, 4) is 0 Å². The Bertz CT molecular complexity index is 1350. The van der Waals surface area contributed by atoms with E-state index in [9.17, 15) is 18.0 Å². The maximum Gasteiger partial charge on any atom is 0.264 e. The van der Waals surface area contributed by atoms with Gasteiger partial charge in [0.05, 0.1) is 15.6 Å². The summed E-state index contributed by atoms with van der Waals surface area (Å²) in [5, 5.41) is 3.61. The maximum atomic E-state index is 13.9. The van der Waals surface area contributed by atoms with Crippen LogP contribution in [0.2, 0.25) is 10.0 Å². The number of para-hydroxylation sites is 1. The van der Waals surface area contributed by atoms with E-state index in [-0.39, 0.29) is 34.1 Å². The summed E-state index contributed by atoms with van der Waals surface area (Å²) in [7, 11) is -4.17. The quantitative estimate of drug-likeness (QED) is 0.326. The molecule has 0 saturated carbocycles. The molecule has 0 unspecified atom stereocenters.